The van der Waals surface area contributed by atoms with Crippen LogP contribution in [0.2, 0.25) is 0 Å². The van der Waals surface area contributed by atoms with Gasteiger partial charge in [-0.25, -0.2) is 0 Å². The van der Waals surface area contributed by atoms with Gasteiger partial charge in [0, 0.05) is 0 Å². The number of furan rings is 1. The molecule has 1 aromatic carbocycles. The molecule has 0 bridgehead atoms. The number of carbonyl (C=O) groups is 1. The Bertz CT molecular complexity index is 579. The lowest BCUT2D eigenvalue weighted by molar-refractivity contribution is -0.122. The second-order valence-corrected chi connectivity index (χ2v) is 5.55. The average molecular weight is 316 g/mol. The van der Waals surface area contributed by atoms with Gasteiger partial charge >= 0.3 is 0 Å². The molecule has 1 heterocycles. The monoisotopic (exact) mass is 316 g/mol. The molecule has 0 fully saturated rings. The fourth-order valence-electron chi connectivity index (χ4n) is 2.32. The fourth-order valence-corrected chi connectivity index (χ4v) is 2.32. The van der Waals surface area contributed by atoms with E-state index in [1.165, 1.54) is 5.56 Å². The molecule has 124 valence electrons. The molecule has 0 aliphatic carbocycles. The van der Waals surface area contributed by atoms with Crippen molar-refractivity contribution in [2.75, 3.05) is 27.2 Å². The van der Waals surface area contributed by atoms with E-state index in [0.717, 1.165) is 30.9 Å². The van der Waals surface area contributed by atoms with Gasteiger partial charge in [0.1, 0.15) is 11.5 Å². The van der Waals surface area contributed by atoms with Gasteiger partial charge in [-0.2, -0.15) is 0 Å². The number of carbonyl (C=O) groups excluding carboxylic acids is 1. The van der Waals surface area contributed by atoms with E-state index in [0.29, 0.717) is 13.1 Å². The lowest BCUT2D eigenvalue weighted by Crippen LogP contribution is -2.35. The topological polar surface area (TPSA) is 54.7 Å². The summed E-state index contributed by atoms with van der Waals surface area (Å²) in [6.45, 7) is 1.70. The highest BCUT2D eigenvalue weighted by molar-refractivity contribution is 5.77. The van der Waals surface area contributed by atoms with Crippen molar-refractivity contribution in [1.82, 2.24) is 10.2 Å². The summed E-state index contributed by atoms with van der Waals surface area (Å²) in [5.74, 6) is 1.65. The van der Waals surface area contributed by atoms with Crippen LogP contribution >= 0.6 is 0 Å². The van der Waals surface area contributed by atoms with Crippen molar-refractivity contribution < 1.29 is 13.9 Å². The Kier molecular flexibility index (Phi) is 6.69. The SMILES string of the molecule is COc1ccc(CCCN(C)CC(=O)NCc2ccco2)cc1. The van der Waals surface area contributed by atoms with Gasteiger partial charge in [-0.05, 0) is 56.3 Å². The third-order valence-electron chi connectivity index (χ3n) is 3.62. The van der Waals surface area contributed by atoms with Crippen molar-refractivity contribution in [3.63, 3.8) is 0 Å². The third-order valence-corrected chi connectivity index (χ3v) is 3.62. The number of aryl methyl sites for hydroxylation is 1. The molecule has 2 aromatic rings. The minimum absolute atomic E-state index is 0.00773. The van der Waals surface area contributed by atoms with Crippen LogP contribution in [0.5, 0.6) is 5.75 Å². The van der Waals surface area contributed by atoms with Crippen molar-refractivity contribution in [3.05, 3.63) is 54.0 Å². The molecule has 0 spiro atoms. The summed E-state index contributed by atoms with van der Waals surface area (Å²) in [6.07, 6.45) is 3.60. The van der Waals surface area contributed by atoms with Crippen LogP contribution in [-0.4, -0.2) is 38.1 Å². The minimum Gasteiger partial charge on any atom is -0.497 e. The first-order valence-electron chi connectivity index (χ1n) is 7.78. The Hall–Kier alpha value is -2.27. The molecule has 0 saturated carbocycles. The van der Waals surface area contributed by atoms with E-state index in [9.17, 15) is 4.79 Å². The molecular weight excluding hydrogens is 292 g/mol. The van der Waals surface area contributed by atoms with Gasteiger partial charge in [-0.1, -0.05) is 12.1 Å². The number of ether oxygens (including phenoxy) is 1. The summed E-state index contributed by atoms with van der Waals surface area (Å²) in [4.78, 5) is 13.9. The van der Waals surface area contributed by atoms with Crippen molar-refractivity contribution in [3.8, 4) is 5.75 Å². The average Bonchev–Trinajstić information content (AvgIpc) is 3.07. The van der Waals surface area contributed by atoms with Gasteiger partial charge in [0.2, 0.25) is 5.91 Å². The zero-order valence-electron chi connectivity index (χ0n) is 13.7. The first-order valence-corrected chi connectivity index (χ1v) is 7.78. The normalized spacial score (nSPS) is 10.7. The second-order valence-electron chi connectivity index (χ2n) is 5.55. The Morgan fingerprint density at radius 3 is 2.70 bits per heavy atom. The zero-order chi connectivity index (χ0) is 16.5. The van der Waals surface area contributed by atoms with E-state index in [4.69, 9.17) is 9.15 Å². The quantitative estimate of drug-likeness (QED) is 0.772. The predicted molar refractivity (Wildman–Crippen MR) is 89.4 cm³/mol. The summed E-state index contributed by atoms with van der Waals surface area (Å²) in [5, 5.41) is 2.85. The number of likely N-dealkylation sites (N-methyl/N-ethyl adjacent to an activating group) is 1. The maximum absolute atomic E-state index is 11.8. The van der Waals surface area contributed by atoms with E-state index < -0.39 is 0 Å². The Labute approximate surface area is 137 Å². The van der Waals surface area contributed by atoms with Crippen LogP contribution < -0.4 is 10.1 Å². The number of nitrogens with one attached hydrogen (secondary N) is 1. The van der Waals surface area contributed by atoms with Crippen molar-refractivity contribution >= 4 is 5.91 Å². The van der Waals surface area contributed by atoms with Gasteiger partial charge in [0.15, 0.2) is 0 Å². The highest BCUT2D eigenvalue weighted by Crippen LogP contribution is 2.12. The molecular formula is C18H24N2O3. The number of nitrogens with zero attached hydrogens (tertiary/aromatic N) is 1. The standard InChI is InChI=1S/C18H24N2O3/c1-20(14-18(21)19-13-17-6-4-12-23-17)11-3-5-15-7-9-16(22-2)10-8-15/h4,6-10,12H,3,5,11,13-14H2,1-2H3,(H,19,21). The molecule has 1 N–H and O–H groups in total. The maximum Gasteiger partial charge on any atom is 0.234 e. The van der Waals surface area contributed by atoms with Crippen LogP contribution in [0.3, 0.4) is 0 Å². The van der Waals surface area contributed by atoms with Gasteiger partial charge in [-0.3, -0.25) is 9.69 Å². The summed E-state index contributed by atoms with van der Waals surface area (Å²) < 4.78 is 10.3. The van der Waals surface area contributed by atoms with E-state index in [1.54, 1.807) is 13.4 Å². The van der Waals surface area contributed by atoms with Crippen LogP contribution in [-0.2, 0) is 17.8 Å². The van der Waals surface area contributed by atoms with Gasteiger partial charge < -0.3 is 14.5 Å². The van der Waals surface area contributed by atoms with Crippen LogP contribution in [0.1, 0.15) is 17.7 Å². The molecule has 1 amide bonds. The molecule has 0 atom stereocenters. The van der Waals surface area contributed by atoms with Crippen molar-refractivity contribution in [2.45, 2.75) is 19.4 Å². The van der Waals surface area contributed by atoms with Gasteiger partial charge in [-0.15, -0.1) is 0 Å². The Balaban J connectivity index is 1.62. The second kappa shape index (κ2) is 9.00. The lowest BCUT2D eigenvalue weighted by atomic mass is 10.1. The predicted octanol–water partition coefficient (Wildman–Crippen LogP) is 2.47. The van der Waals surface area contributed by atoms with Crippen molar-refractivity contribution in [1.29, 1.82) is 0 Å². The largest absolute Gasteiger partial charge is 0.497 e. The first-order chi connectivity index (χ1) is 11.2. The molecule has 0 saturated heterocycles. The third kappa shape index (κ3) is 6.16. The maximum atomic E-state index is 11.8. The van der Waals surface area contributed by atoms with Gasteiger partial charge in [0.05, 0.1) is 26.5 Å². The van der Waals surface area contributed by atoms with Crippen LogP contribution in [0.25, 0.3) is 0 Å². The first kappa shape index (κ1) is 17.1. The lowest BCUT2D eigenvalue weighted by Gasteiger charge is -2.16. The molecule has 0 unspecified atom stereocenters. The van der Waals surface area contributed by atoms with Gasteiger partial charge in [0.25, 0.3) is 0 Å². The number of amides is 1. The Morgan fingerprint density at radius 2 is 2.04 bits per heavy atom. The summed E-state index contributed by atoms with van der Waals surface area (Å²) in [6, 6.07) is 11.8. The molecule has 5 nitrogen and oxygen atoms in total. The van der Waals surface area contributed by atoms with E-state index in [2.05, 4.69) is 17.4 Å². The van der Waals surface area contributed by atoms with Crippen LogP contribution in [0.4, 0.5) is 0 Å². The van der Waals surface area contributed by atoms with Crippen molar-refractivity contribution in [2.24, 2.45) is 0 Å². The molecule has 1 aromatic heterocycles. The molecule has 0 aliphatic heterocycles. The molecule has 23 heavy (non-hydrogen) atoms. The molecule has 5 heteroatoms. The molecule has 2 rings (SSSR count). The highest BCUT2D eigenvalue weighted by Gasteiger charge is 2.07. The number of methoxy groups -OCH3 is 1. The number of hydrogen-bond acceptors (Lipinski definition) is 4. The highest BCUT2D eigenvalue weighted by atomic mass is 16.5. The zero-order valence-corrected chi connectivity index (χ0v) is 13.7. The Morgan fingerprint density at radius 1 is 1.26 bits per heavy atom. The number of hydrogen-bond donors (Lipinski definition) is 1. The smallest absolute Gasteiger partial charge is 0.234 e. The fraction of sp³-hybridized carbons (Fsp3) is 0.389. The molecule has 0 aliphatic rings. The number of benzene rings is 1. The van der Waals surface area contributed by atoms with Crippen LogP contribution in [0.15, 0.2) is 47.1 Å². The van der Waals surface area contributed by atoms with E-state index in [-0.39, 0.29) is 5.91 Å². The molecule has 0 radical (unpaired) electrons. The number of rotatable bonds is 9. The van der Waals surface area contributed by atoms with Crippen LogP contribution in [0, 0.1) is 0 Å². The summed E-state index contributed by atoms with van der Waals surface area (Å²) in [7, 11) is 3.63. The van der Waals surface area contributed by atoms with E-state index >= 15 is 0 Å². The van der Waals surface area contributed by atoms with E-state index in [1.807, 2.05) is 36.2 Å². The summed E-state index contributed by atoms with van der Waals surface area (Å²) >= 11 is 0. The minimum atomic E-state index is 0.00773. The summed E-state index contributed by atoms with van der Waals surface area (Å²) in [5.41, 5.74) is 1.28.